The van der Waals surface area contributed by atoms with E-state index in [2.05, 4.69) is 49.0 Å². The van der Waals surface area contributed by atoms with Gasteiger partial charge in [-0.25, -0.2) is 0 Å². The van der Waals surface area contributed by atoms with E-state index >= 15 is 0 Å². The van der Waals surface area contributed by atoms with E-state index in [1.807, 2.05) is 0 Å². The third-order valence-corrected chi connectivity index (χ3v) is 3.62. The molecule has 0 aliphatic carbocycles. The van der Waals surface area contributed by atoms with Crippen molar-refractivity contribution in [3.8, 4) is 0 Å². The fourth-order valence-corrected chi connectivity index (χ4v) is 2.38. The molecule has 0 saturated carbocycles. The first-order valence-electron chi connectivity index (χ1n) is 8.11. The van der Waals surface area contributed by atoms with E-state index in [4.69, 9.17) is 0 Å². The normalized spacial score (nSPS) is 11.4. The summed E-state index contributed by atoms with van der Waals surface area (Å²) >= 11 is 0. The lowest BCUT2D eigenvalue weighted by atomic mass is 10.1. The number of hydrogen-bond acceptors (Lipinski definition) is 1. The van der Waals surface area contributed by atoms with Crippen molar-refractivity contribution in [1.29, 1.82) is 0 Å². The van der Waals surface area contributed by atoms with Crippen LogP contribution in [-0.2, 0) is 13.1 Å². The molecular weight excluding hydrogens is 232 g/mol. The maximum atomic E-state index is 3.49. The Labute approximate surface area is 119 Å². The third-order valence-electron chi connectivity index (χ3n) is 3.62. The Bertz CT molecular complexity index is 315. The summed E-state index contributed by atoms with van der Waals surface area (Å²) in [5.74, 6) is 0. The largest absolute Gasteiger partial charge is 0.350 e. The van der Waals surface area contributed by atoms with Crippen molar-refractivity contribution in [2.75, 3.05) is 0 Å². The summed E-state index contributed by atoms with van der Waals surface area (Å²) in [5.41, 5.74) is 1.42. The van der Waals surface area contributed by atoms with Crippen LogP contribution in [0.15, 0.2) is 18.3 Å². The highest BCUT2D eigenvalue weighted by Crippen LogP contribution is 2.10. The molecule has 0 atom stereocenters. The zero-order valence-corrected chi connectivity index (χ0v) is 13.1. The molecule has 1 N–H and O–H groups in total. The predicted octanol–water partition coefficient (Wildman–Crippen LogP) is 4.74. The second-order valence-corrected chi connectivity index (χ2v) is 5.85. The summed E-state index contributed by atoms with van der Waals surface area (Å²) in [7, 11) is 0. The van der Waals surface area contributed by atoms with E-state index < -0.39 is 0 Å². The van der Waals surface area contributed by atoms with Gasteiger partial charge in [-0.3, -0.25) is 0 Å². The van der Waals surface area contributed by atoms with Crippen LogP contribution in [-0.4, -0.2) is 10.6 Å². The van der Waals surface area contributed by atoms with E-state index in [1.165, 1.54) is 57.2 Å². The molecule has 0 saturated heterocycles. The first-order valence-corrected chi connectivity index (χ1v) is 8.11. The second-order valence-electron chi connectivity index (χ2n) is 5.85. The van der Waals surface area contributed by atoms with Gasteiger partial charge in [-0.05, 0) is 18.6 Å². The quantitative estimate of drug-likeness (QED) is 0.571. The lowest BCUT2D eigenvalue weighted by Crippen LogP contribution is -2.23. The van der Waals surface area contributed by atoms with Crippen LogP contribution < -0.4 is 5.32 Å². The minimum absolute atomic E-state index is 0.557. The fourth-order valence-electron chi connectivity index (χ4n) is 2.38. The Morgan fingerprint density at radius 3 is 2.42 bits per heavy atom. The van der Waals surface area contributed by atoms with Gasteiger partial charge in [0.15, 0.2) is 0 Å². The average molecular weight is 264 g/mol. The third kappa shape index (κ3) is 7.41. The molecule has 110 valence electrons. The van der Waals surface area contributed by atoms with Crippen LogP contribution in [0.5, 0.6) is 0 Å². The molecule has 0 amide bonds. The van der Waals surface area contributed by atoms with Crippen molar-refractivity contribution in [2.24, 2.45) is 0 Å². The molecule has 0 bridgehead atoms. The number of aryl methyl sites for hydroxylation is 1. The number of rotatable bonds is 11. The Kier molecular flexibility index (Phi) is 8.64. The minimum atomic E-state index is 0.557. The van der Waals surface area contributed by atoms with Crippen LogP contribution in [0.1, 0.15) is 71.4 Å². The molecule has 0 aromatic carbocycles. The number of nitrogens with zero attached hydrogens (tertiary/aromatic N) is 1. The topological polar surface area (TPSA) is 17.0 Å². The average Bonchev–Trinajstić information content (AvgIpc) is 2.83. The van der Waals surface area contributed by atoms with Gasteiger partial charge in [-0.15, -0.1) is 0 Å². The van der Waals surface area contributed by atoms with E-state index in [9.17, 15) is 0 Å². The molecule has 2 heteroatoms. The van der Waals surface area contributed by atoms with Crippen molar-refractivity contribution in [3.05, 3.63) is 24.0 Å². The summed E-state index contributed by atoms with van der Waals surface area (Å²) in [6.07, 6.45) is 11.9. The maximum absolute atomic E-state index is 3.49. The van der Waals surface area contributed by atoms with Crippen LogP contribution in [0.3, 0.4) is 0 Å². The highest BCUT2D eigenvalue weighted by Gasteiger charge is 2.01. The molecule has 0 aliphatic heterocycles. The van der Waals surface area contributed by atoms with Crippen LogP contribution in [0.25, 0.3) is 0 Å². The number of aromatic nitrogens is 1. The van der Waals surface area contributed by atoms with Gasteiger partial charge in [-0.1, -0.05) is 59.3 Å². The van der Waals surface area contributed by atoms with Crippen LogP contribution >= 0.6 is 0 Å². The lowest BCUT2D eigenvalue weighted by Gasteiger charge is -2.12. The molecule has 0 aliphatic rings. The summed E-state index contributed by atoms with van der Waals surface area (Å²) < 4.78 is 2.40. The molecule has 0 unspecified atom stereocenters. The molecule has 0 radical (unpaired) electrons. The molecule has 19 heavy (non-hydrogen) atoms. The molecule has 0 fully saturated rings. The van der Waals surface area contributed by atoms with Crippen molar-refractivity contribution >= 4 is 0 Å². The van der Waals surface area contributed by atoms with Gasteiger partial charge in [0.05, 0.1) is 0 Å². The van der Waals surface area contributed by atoms with Gasteiger partial charge < -0.3 is 9.88 Å². The van der Waals surface area contributed by atoms with E-state index in [0.29, 0.717) is 6.04 Å². The van der Waals surface area contributed by atoms with Crippen molar-refractivity contribution in [3.63, 3.8) is 0 Å². The van der Waals surface area contributed by atoms with Crippen LogP contribution in [0.2, 0.25) is 0 Å². The predicted molar refractivity (Wildman–Crippen MR) is 84.4 cm³/mol. The standard InChI is InChI=1S/C17H32N2/c1-4-5-6-7-8-9-10-13-19-14-11-12-17(19)15-18-16(2)3/h11-12,14,16,18H,4-10,13,15H2,1-3H3. The van der Waals surface area contributed by atoms with Gasteiger partial charge >= 0.3 is 0 Å². The Morgan fingerprint density at radius 2 is 1.74 bits per heavy atom. The smallest absolute Gasteiger partial charge is 0.0361 e. The van der Waals surface area contributed by atoms with Crippen molar-refractivity contribution in [1.82, 2.24) is 9.88 Å². The minimum Gasteiger partial charge on any atom is -0.350 e. The lowest BCUT2D eigenvalue weighted by molar-refractivity contribution is 0.521. The molecule has 2 nitrogen and oxygen atoms in total. The molecule has 1 heterocycles. The number of hydrogen-bond donors (Lipinski definition) is 1. The van der Waals surface area contributed by atoms with Gasteiger partial charge in [0.25, 0.3) is 0 Å². The van der Waals surface area contributed by atoms with Gasteiger partial charge in [0.2, 0.25) is 0 Å². The molecule has 1 aromatic heterocycles. The summed E-state index contributed by atoms with van der Waals surface area (Å²) in [6.45, 7) is 8.84. The van der Waals surface area contributed by atoms with Crippen molar-refractivity contribution in [2.45, 2.75) is 84.8 Å². The molecule has 1 rings (SSSR count). The van der Waals surface area contributed by atoms with Crippen molar-refractivity contribution < 1.29 is 0 Å². The number of unbranched alkanes of at least 4 members (excludes halogenated alkanes) is 6. The molecule has 0 spiro atoms. The second kappa shape index (κ2) is 10.1. The zero-order chi connectivity index (χ0) is 13.9. The molecule has 1 aromatic rings. The number of nitrogens with one attached hydrogen (secondary N) is 1. The Hall–Kier alpha value is -0.760. The van der Waals surface area contributed by atoms with E-state index in [-0.39, 0.29) is 0 Å². The maximum Gasteiger partial charge on any atom is 0.0361 e. The van der Waals surface area contributed by atoms with E-state index in [1.54, 1.807) is 0 Å². The highest BCUT2D eigenvalue weighted by atomic mass is 15.0. The fraction of sp³-hybridized carbons (Fsp3) is 0.765. The summed E-state index contributed by atoms with van der Waals surface area (Å²) in [6, 6.07) is 4.96. The van der Waals surface area contributed by atoms with Gasteiger partial charge in [0, 0.05) is 31.0 Å². The summed E-state index contributed by atoms with van der Waals surface area (Å²) in [5, 5.41) is 3.49. The first kappa shape index (κ1) is 16.3. The van der Waals surface area contributed by atoms with Gasteiger partial charge in [-0.2, -0.15) is 0 Å². The zero-order valence-electron chi connectivity index (χ0n) is 13.1. The highest BCUT2D eigenvalue weighted by molar-refractivity contribution is 5.06. The molecular formula is C17H32N2. The van der Waals surface area contributed by atoms with Crippen LogP contribution in [0.4, 0.5) is 0 Å². The summed E-state index contributed by atoms with van der Waals surface area (Å²) in [4.78, 5) is 0. The Balaban J connectivity index is 2.13. The van der Waals surface area contributed by atoms with Gasteiger partial charge in [0.1, 0.15) is 0 Å². The first-order chi connectivity index (χ1) is 9.24. The SMILES string of the molecule is CCCCCCCCCn1cccc1CNC(C)C. The monoisotopic (exact) mass is 264 g/mol. The van der Waals surface area contributed by atoms with Crippen LogP contribution in [0, 0.1) is 0 Å². The van der Waals surface area contributed by atoms with E-state index in [0.717, 1.165) is 6.54 Å². The Morgan fingerprint density at radius 1 is 1.05 bits per heavy atom.